The average molecular weight is 436 g/mol. The Bertz CT molecular complexity index is 977. The lowest BCUT2D eigenvalue weighted by Crippen LogP contribution is -2.51. The summed E-state index contributed by atoms with van der Waals surface area (Å²) in [5.74, 6) is 0.587. The molecule has 0 radical (unpaired) electrons. The highest BCUT2D eigenvalue weighted by Crippen LogP contribution is 2.30. The van der Waals surface area contributed by atoms with Crippen molar-refractivity contribution in [2.75, 3.05) is 38.1 Å². The smallest absolute Gasteiger partial charge is 0.260 e. The third kappa shape index (κ3) is 5.46. The van der Waals surface area contributed by atoms with Crippen LogP contribution in [0.1, 0.15) is 35.7 Å². The predicted octanol–water partition coefficient (Wildman–Crippen LogP) is 2.96. The number of rotatable bonds is 7. The van der Waals surface area contributed by atoms with Crippen LogP contribution in [0.25, 0.3) is 0 Å². The molecule has 3 amide bonds. The molecule has 32 heavy (non-hydrogen) atoms. The number of aryl methyl sites for hydroxylation is 1. The molecule has 1 saturated heterocycles. The molecule has 2 aliphatic rings. The second-order valence-corrected chi connectivity index (χ2v) is 8.30. The van der Waals surface area contributed by atoms with Gasteiger partial charge in [-0.25, -0.2) is 0 Å². The van der Waals surface area contributed by atoms with Crippen molar-refractivity contribution < 1.29 is 19.1 Å². The standard InChI is InChI=1S/C25H29N3O4/c1-2-18-6-8-20(9-7-18)25(31)28-14-12-27(13-15-28)23(29)17-32-22-5-3-4-21(16-22)26-24(30)19-10-11-19/h3-9,16,19H,2,10-15,17H2,1H3,(H,26,30). The molecule has 1 heterocycles. The van der Waals surface area contributed by atoms with E-state index < -0.39 is 0 Å². The summed E-state index contributed by atoms with van der Waals surface area (Å²) in [5, 5.41) is 2.88. The number of amides is 3. The maximum atomic E-state index is 12.7. The second kappa shape index (κ2) is 9.85. The molecule has 1 N–H and O–H groups in total. The molecule has 1 aliphatic heterocycles. The van der Waals surface area contributed by atoms with E-state index in [1.807, 2.05) is 24.3 Å². The van der Waals surface area contributed by atoms with Gasteiger partial charge in [-0.3, -0.25) is 14.4 Å². The van der Waals surface area contributed by atoms with Crippen LogP contribution in [0.5, 0.6) is 5.75 Å². The van der Waals surface area contributed by atoms with Gasteiger partial charge in [0.15, 0.2) is 6.61 Å². The van der Waals surface area contributed by atoms with Gasteiger partial charge in [-0.15, -0.1) is 0 Å². The van der Waals surface area contributed by atoms with Crippen molar-refractivity contribution in [1.82, 2.24) is 9.80 Å². The van der Waals surface area contributed by atoms with E-state index in [1.54, 1.807) is 34.1 Å². The van der Waals surface area contributed by atoms with E-state index in [1.165, 1.54) is 5.56 Å². The molecule has 0 spiro atoms. The number of ether oxygens (including phenoxy) is 1. The third-order valence-electron chi connectivity index (χ3n) is 5.94. The number of hydrogen-bond acceptors (Lipinski definition) is 4. The van der Waals surface area contributed by atoms with Crippen LogP contribution < -0.4 is 10.1 Å². The molecule has 0 bridgehead atoms. The van der Waals surface area contributed by atoms with Gasteiger partial charge in [0.1, 0.15) is 5.75 Å². The molecular formula is C25H29N3O4. The summed E-state index contributed by atoms with van der Waals surface area (Å²) in [4.78, 5) is 40.7. The van der Waals surface area contributed by atoms with Crippen molar-refractivity contribution in [1.29, 1.82) is 0 Å². The minimum Gasteiger partial charge on any atom is -0.484 e. The van der Waals surface area contributed by atoms with Crippen molar-refractivity contribution in [2.45, 2.75) is 26.2 Å². The number of benzene rings is 2. The van der Waals surface area contributed by atoms with Crippen LogP contribution in [0, 0.1) is 5.92 Å². The van der Waals surface area contributed by atoms with Crippen molar-refractivity contribution >= 4 is 23.4 Å². The Kier molecular flexibility index (Phi) is 6.73. The fourth-order valence-electron chi connectivity index (χ4n) is 3.71. The Morgan fingerprint density at radius 2 is 1.66 bits per heavy atom. The number of nitrogens with one attached hydrogen (secondary N) is 1. The molecule has 4 rings (SSSR count). The van der Waals surface area contributed by atoms with Crippen molar-refractivity contribution in [3.05, 3.63) is 59.7 Å². The van der Waals surface area contributed by atoms with Gasteiger partial charge in [-0.2, -0.15) is 0 Å². The summed E-state index contributed by atoms with van der Waals surface area (Å²) in [7, 11) is 0. The van der Waals surface area contributed by atoms with Gasteiger partial charge >= 0.3 is 0 Å². The molecular weight excluding hydrogens is 406 g/mol. The minimum absolute atomic E-state index is 0.000983. The van der Waals surface area contributed by atoms with Crippen molar-refractivity contribution in [3.8, 4) is 5.75 Å². The SMILES string of the molecule is CCc1ccc(C(=O)N2CCN(C(=O)COc3cccc(NC(=O)C4CC4)c3)CC2)cc1. The molecule has 2 aromatic rings. The first-order valence-corrected chi connectivity index (χ1v) is 11.2. The zero-order chi connectivity index (χ0) is 22.5. The van der Waals surface area contributed by atoms with E-state index in [9.17, 15) is 14.4 Å². The van der Waals surface area contributed by atoms with Crippen molar-refractivity contribution in [2.24, 2.45) is 5.92 Å². The van der Waals surface area contributed by atoms with Gasteiger partial charge < -0.3 is 19.9 Å². The third-order valence-corrected chi connectivity index (χ3v) is 5.94. The molecule has 0 unspecified atom stereocenters. The predicted molar refractivity (Wildman–Crippen MR) is 122 cm³/mol. The van der Waals surface area contributed by atoms with Crippen LogP contribution >= 0.6 is 0 Å². The summed E-state index contributed by atoms with van der Waals surface area (Å²) >= 11 is 0. The molecule has 7 nitrogen and oxygen atoms in total. The lowest BCUT2D eigenvalue weighted by atomic mass is 10.1. The maximum Gasteiger partial charge on any atom is 0.260 e. The van der Waals surface area contributed by atoms with Crippen LogP contribution in [0.15, 0.2) is 48.5 Å². The normalized spacial score (nSPS) is 15.9. The molecule has 2 aromatic carbocycles. The van der Waals surface area contributed by atoms with Gasteiger partial charge in [0.25, 0.3) is 11.8 Å². The maximum absolute atomic E-state index is 12.7. The first kappa shape index (κ1) is 21.9. The monoisotopic (exact) mass is 435 g/mol. The average Bonchev–Trinajstić information content (AvgIpc) is 3.68. The van der Waals surface area contributed by atoms with Crippen LogP contribution in [-0.4, -0.2) is 60.3 Å². The lowest BCUT2D eigenvalue weighted by molar-refractivity contribution is -0.134. The summed E-state index contributed by atoms with van der Waals surface area (Å²) in [6.07, 6.45) is 2.83. The number of carbonyl (C=O) groups is 3. The van der Waals surface area contributed by atoms with E-state index in [0.717, 1.165) is 19.3 Å². The lowest BCUT2D eigenvalue weighted by Gasteiger charge is -2.34. The fraction of sp³-hybridized carbons (Fsp3) is 0.400. The Labute approximate surface area is 188 Å². The molecule has 7 heteroatoms. The van der Waals surface area contributed by atoms with Crippen LogP contribution in [0.3, 0.4) is 0 Å². The summed E-state index contributed by atoms with van der Waals surface area (Å²) in [6.45, 7) is 3.98. The highest BCUT2D eigenvalue weighted by atomic mass is 16.5. The highest BCUT2D eigenvalue weighted by molar-refractivity contribution is 5.95. The quantitative estimate of drug-likeness (QED) is 0.725. The van der Waals surface area contributed by atoms with Gasteiger partial charge in [-0.05, 0) is 49.1 Å². The second-order valence-electron chi connectivity index (χ2n) is 8.30. The summed E-state index contributed by atoms with van der Waals surface area (Å²) in [5.41, 5.74) is 2.55. The topological polar surface area (TPSA) is 79.0 Å². The highest BCUT2D eigenvalue weighted by Gasteiger charge is 2.29. The first-order chi connectivity index (χ1) is 15.5. The van der Waals surface area contributed by atoms with Gasteiger partial charge in [0.05, 0.1) is 0 Å². The molecule has 2 fully saturated rings. The van der Waals surface area contributed by atoms with Gasteiger partial charge in [0.2, 0.25) is 5.91 Å². The van der Waals surface area contributed by atoms with Crippen LogP contribution in [0.4, 0.5) is 5.69 Å². The Hall–Kier alpha value is -3.35. The number of anilines is 1. The Balaban J connectivity index is 1.24. The zero-order valence-corrected chi connectivity index (χ0v) is 18.4. The number of carbonyl (C=O) groups excluding carboxylic acids is 3. The van der Waals surface area contributed by atoms with Crippen molar-refractivity contribution in [3.63, 3.8) is 0 Å². The fourth-order valence-corrected chi connectivity index (χ4v) is 3.71. The molecule has 0 aromatic heterocycles. The summed E-state index contributed by atoms with van der Waals surface area (Å²) in [6, 6.07) is 14.8. The summed E-state index contributed by atoms with van der Waals surface area (Å²) < 4.78 is 5.66. The number of hydrogen-bond donors (Lipinski definition) is 1. The van der Waals surface area contributed by atoms with E-state index in [0.29, 0.717) is 43.2 Å². The Morgan fingerprint density at radius 1 is 0.969 bits per heavy atom. The van der Waals surface area contributed by atoms with E-state index in [-0.39, 0.29) is 30.2 Å². The zero-order valence-electron chi connectivity index (χ0n) is 18.4. The van der Waals surface area contributed by atoms with E-state index in [2.05, 4.69) is 12.2 Å². The molecule has 1 aliphatic carbocycles. The number of piperazine rings is 1. The molecule has 0 atom stereocenters. The molecule has 168 valence electrons. The van der Waals surface area contributed by atoms with E-state index >= 15 is 0 Å². The van der Waals surface area contributed by atoms with Gasteiger partial charge in [0, 0.05) is 49.4 Å². The van der Waals surface area contributed by atoms with Gasteiger partial charge in [-0.1, -0.05) is 25.1 Å². The van der Waals surface area contributed by atoms with Crippen LogP contribution in [-0.2, 0) is 16.0 Å². The van der Waals surface area contributed by atoms with E-state index in [4.69, 9.17) is 4.74 Å². The Morgan fingerprint density at radius 3 is 2.31 bits per heavy atom. The number of nitrogens with zero attached hydrogens (tertiary/aromatic N) is 2. The van der Waals surface area contributed by atoms with Crippen LogP contribution in [0.2, 0.25) is 0 Å². The molecule has 1 saturated carbocycles. The minimum atomic E-state index is -0.114. The first-order valence-electron chi connectivity index (χ1n) is 11.2. The largest absolute Gasteiger partial charge is 0.484 e.